The van der Waals surface area contributed by atoms with Crippen molar-refractivity contribution in [3.05, 3.63) is 71.8 Å². The van der Waals surface area contributed by atoms with Crippen LogP contribution >= 0.6 is 11.8 Å². The molecule has 2 aliphatic rings. The predicted octanol–water partition coefficient (Wildman–Crippen LogP) is -3.71. The van der Waals surface area contributed by atoms with Gasteiger partial charge in [-0.25, -0.2) is 0 Å². The van der Waals surface area contributed by atoms with Gasteiger partial charge in [0.25, 0.3) is 0 Å². The fourth-order valence-corrected chi connectivity index (χ4v) is 11.5. The van der Waals surface area contributed by atoms with Gasteiger partial charge in [0.15, 0.2) is 5.96 Å². The summed E-state index contributed by atoms with van der Waals surface area (Å²) in [6, 6.07) is 4.51. The number of guanidine groups is 1. The Balaban J connectivity index is 1.56. The smallest absolute Gasteiger partial charge is 0.245 e. The van der Waals surface area contributed by atoms with Gasteiger partial charge in [-0.15, -0.1) is 0 Å². The summed E-state index contributed by atoms with van der Waals surface area (Å²) in [6.45, 7) is 3.86. The van der Waals surface area contributed by atoms with Crippen LogP contribution in [0, 0.1) is 5.92 Å². The summed E-state index contributed by atoms with van der Waals surface area (Å²) >= 11 is 1.45. The number of unbranched alkanes of at least 4 members (excludes halogenated alkanes) is 1. The molecular weight excluding hydrogens is 1250 g/mol. The molecule has 2 aromatic rings. The molecule has 0 bridgehead atoms. The topological polar surface area (TPSA) is 519 Å². The minimum Gasteiger partial charge on any atom is -0.370 e. The van der Waals surface area contributed by atoms with Crippen LogP contribution in [-0.4, -0.2) is 198 Å². The molecule has 0 aromatic heterocycles. The molecule has 22 N–H and O–H groups in total. The maximum atomic E-state index is 14.7. The Morgan fingerprint density at radius 1 is 0.537 bits per heavy atom. The van der Waals surface area contributed by atoms with Gasteiger partial charge < -0.3 is 92.5 Å². The molecule has 95 heavy (non-hydrogen) atoms. The molecule has 4 rings (SSSR count). The number of hydrogen-bond acceptors (Lipinski definition) is 17. The van der Waals surface area contributed by atoms with Crippen molar-refractivity contribution in [3.63, 3.8) is 0 Å². The number of nitrogens with two attached hydrogens (primary N) is 7. The van der Waals surface area contributed by atoms with E-state index in [-0.39, 0.29) is 83.0 Å². The predicted molar refractivity (Wildman–Crippen MR) is 356 cm³/mol. The van der Waals surface area contributed by atoms with Gasteiger partial charge in [0.1, 0.15) is 54.4 Å². The summed E-state index contributed by atoms with van der Waals surface area (Å²) in [5, 5.41) is 21.1. The molecular formula is C63H98N18O13S. The van der Waals surface area contributed by atoms with Crippen LogP contribution in [0.2, 0.25) is 0 Å². The van der Waals surface area contributed by atoms with Gasteiger partial charge in [-0.3, -0.25) is 67.3 Å². The number of carbonyl (C=O) groups excluding carboxylic acids is 13. The Morgan fingerprint density at radius 2 is 1.01 bits per heavy atom. The Bertz CT molecular complexity index is 2960. The van der Waals surface area contributed by atoms with E-state index in [2.05, 4.69) is 47.5 Å². The van der Waals surface area contributed by atoms with Gasteiger partial charge in [0.2, 0.25) is 76.8 Å². The Hall–Kier alpha value is -8.91. The molecule has 2 aliphatic heterocycles. The van der Waals surface area contributed by atoms with Crippen molar-refractivity contribution in [2.75, 3.05) is 44.7 Å². The molecule has 2 fully saturated rings. The van der Waals surface area contributed by atoms with Gasteiger partial charge in [-0.1, -0.05) is 74.5 Å². The van der Waals surface area contributed by atoms with E-state index in [9.17, 15) is 62.3 Å². The van der Waals surface area contributed by atoms with Crippen molar-refractivity contribution >= 4 is 94.5 Å². The standard InChI is InChI=1S/C63H98N18O13S/c1-37(2)33-45(57(89)74-41(53(68)85)27-32-95-3)73-52(84)36-72-54(86)46(34-38-15-6-4-7-16-38)78-58(90)47(35-39-17-8-5-9-18-39)79-56(88)42(23-25-50(66)82)75-55(87)43(24-26-51(67)83)76-59(91)49-22-14-31-81(49)62(94)44(20-10-11-28-64)77-60(92)48-21-13-30-80(48)61(93)40(65)19-12-29-71-63(69)70/h4-9,15-18,37,40-49H,10-14,19-36,64-65H2,1-3H3,(H2,66,82)(H2,67,83)(H2,68,85)(H,72,86)(H,73,84)(H,74,89)(H,75,87)(H,76,91)(H,77,92)(H,78,90)(H,79,88)(H4,69,70,71)/t40-,41+,42+,43+,44-,45-,46+,47+,48+,49-/m1/s1. The Morgan fingerprint density at radius 3 is 1.51 bits per heavy atom. The first-order valence-electron chi connectivity index (χ1n) is 32.2. The lowest BCUT2D eigenvalue weighted by atomic mass is 10.0. The number of primary amides is 3. The number of aliphatic imine (C=N–C) groups is 1. The van der Waals surface area contributed by atoms with Crippen molar-refractivity contribution < 1.29 is 62.3 Å². The summed E-state index contributed by atoms with van der Waals surface area (Å²) in [5.74, 6) is -9.80. The molecule has 2 aromatic carbocycles. The second-order valence-corrected chi connectivity index (χ2v) is 25.1. The number of amides is 13. The molecule has 10 atom stereocenters. The Labute approximate surface area is 558 Å². The first kappa shape index (κ1) is 78.5. The third-order valence-electron chi connectivity index (χ3n) is 16.0. The van der Waals surface area contributed by atoms with Gasteiger partial charge in [-0.2, -0.15) is 11.8 Å². The van der Waals surface area contributed by atoms with E-state index < -0.39 is 169 Å². The van der Waals surface area contributed by atoms with Crippen LogP contribution in [0.25, 0.3) is 0 Å². The molecule has 0 aliphatic carbocycles. The SMILES string of the molecule is CSCC[C@H](NC(=O)[C@@H](CC(C)C)NC(=O)CNC(=O)[C@H](Cc1ccccc1)NC(=O)[C@H](Cc1ccccc1)NC(=O)[C@H](CCC(N)=O)NC(=O)[C@H](CCC(N)=O)NC(=O)[C@H]1CCCN1C(=O)[C@@H](CCCCN)NC(=O)[C@@H]1CCCN1C(=O)[C@H](N)CCCN=C(N)N)C(N)=O. The summed E-state index contributed by atoms with van der Waals surface area (Å²) in [5.41, 5.74) is 40.6. The molecule has 0 unspecified atom stereocenters. The maximum absolute atomic E-state index is 14.7. The highest BCUT2D eigenvalue weighted by Crippen LogP contribution is 2.24. The van der Waals surface area contributed by atoms with Crippen molar-refractivity contribution in [2.24, 2.45) is 51.0 Å². The fourth-order valence-electron chi connectivity index (χ4n) is 11.0. The van der Waals surface area contributed by atoms with Crippen molar-refractivity contribution in [1.29, 1.82) is 0 Å². The number of rotatable bonds is 42. The van der Waals surface area contributed by atoms with Crippen LogP contribution in [0.5, 0.6) is 0 Å². The normalized spacial score (nSPS) is 16.8. The third-order valence-corrected chi connectivity index (χ3v) is 16.7. The van der Waals surface area contributed by atoms with Gasteiger partial charge in [0.05, 0.1) is 12.6 Å². The van der Waals surface area contributed by atoms with Gasteiger partial charge in [0, 0.05) is 45.3 Å². The lowest BCUT2D eigenvalue weighted by Crippen LogP contribution is -2.60. The molecule has 31 nitrogen and oxygen atoms in total. The minimum atomic E-state index is -1.64. The molecule has 13 amide bonds. The molecule has 2 saturated heterocycles. The van der Waals surface area contributed by atoms with E-state index in [1.807, 2.05) is 20.1 Å². The minimum absolute atomic E-state index is 0.0736. The molecule has 0 saturated carbocycles. The summed E-state index contributed by atoms with van der Waals surface area (Å²) in [7, 11) is 0. The first-order valence-corrected chi connectivity index (χ1v) is 33.6. The van der Waals surface area contributed by atoms with E-state index in [4.69, 9.17) is 40.1 Å². The number of hydrogen-bond donors (Lipinski definition) is 15. The first-order chi connectivity index (χ1) is 45.2. The van der Waals surface area contributed by atoms with Crippen molar-refractivity contribution in [3.8, 4) is 0 Å². The summed E-state index contributed by atoms with van der Waals surface area (Å²) in [4.78, 5) is 185. The van der Waals surface area contributed by atoms with Crippen molar-refractivity contribution in [1.82, 2.24) is 52.3 Å². The molecule has 0 radical (unpaired) electrons. The van der Waals surface area contributed by atoms with E-state index in [0.29, 0.717) is 55.4 Å². The zero-order chi connectivity index (χ0) is 70.1. The number of nitrogens with one attached hydrogen (secondary N) is 8. The summed E-state index contributed by atoms with van der Waals surface area (Å²) in [6.07, 6.45) is 3.12. The lowest BCUT2D eigenvalue weighted by molar-refractivity contribution is -0.144. The largest absolute Gasteiger partial charge is 0.370 e. The Kier molecular flexibility index (Phi) is 33.9. The average molecular weight is 1350 g/mol. The number of carbonyl (C=O) groups is 13. The van der Waals surface area contributed by atoms with E-state index in [1.165, 1.54) is 21.6 Å². The van der Waals surface area contributed by atoms with Crippen LogP contribution in [0.4, 0.5) is 0 Å². The van der Waals surface area contributed by atoms with Crippen LogP contribution in [-0.2, 0) is 75.2 Å². The van der Waals surface area contributed by atoms with Gasteiger partial charge in [-0.05, 0) is 119 Å². The second-order valence-electron chi connectivity index (χ2n) is 24.1. The van der Waals surface area contributed by atoms with Crippen LogP contribution in [0.3, 0.4) is 0 Å². The third kappa shape index (κ3) is 27.5. The highest BCUT2D eigenvalue weighted by atomic mass is 32.2. The van der Waals surface area contributed by atoms with Gasteiger partial charge >= 0.3 is 0 Å². The van der Waals surface area contributed by atoms with Crippen LogP contribution < -0.4 is 82.7 Å². The molecule has 524 valence electrons. The number of nitrogens with zero attached hydrogens (tertiary/aromatic N) is 3. The van der Waals surface area contributed by atoms with E-state index in [1.54, 1.807) is 60.7 Å². The molecule has 2 heterocycles. The highest BCUT2D eigenvalue weighted by Gasteiger charge is 2.42. The number of thioether (sulfide) groups is 1. The lowest BCUT2D eigenvalue weighted by Gasteiger charge is -2.32. The fraction of sp³-hybridized carbons (Fsp3) is 0.587. The summed E-state index contributed by atoms with van der Waals surface area (Å²) < 4.78 is 0. The second kappa shape index (κ2) is 41.0. The maximum Gasteiger partial charge on any atom is 0.245 e. The molecule has 0 spiro atoms. The van der Waals surface area contributed by atoms with Crippen LogP contribution in [0.1, 0.15) is 121 Å². The highest BCUT2D eigenvalue weighted by molar-refractivity contribution is 7.98. The van der Waals surface area contributed by atoms with E-state index >= 15 is 0 Å². The zero-order valence-corrected chi connectivity index (χ0v) is 55.3. The number of likely N-dealkylation sites (tertiary alicyclic amines) is 2. The monoisotopic (exact) mass is 1350 g/mol. The average Bonchev–Trinajstić information content (AvgIpc) is 1.74. The van der Waals surface area contributed by atoms with Crippen LogP contribution in [0.15, 0.2) is 65.7 Å². The van der Waals surface area contributed by atoms with E-state index in [0.717, 1.165) is 0 Å². The number of benzene rings is 2. The molecule has 32 heteroatoms. The quantitative estimate of drug-likeness (QED) is 0.0173. The van der Waals surface area contributed by atoms with Crippen molar-refractivity contribution in [2.45, 2.75) is 183 Å². The zero-order valence-electron chi connectivity index (χ0n) is 54.5.